The van der Waals surface area contributed by atoms with Gasteiger partial charge in [0.1, 0.15) is 0 Å². The van der Waals surface area contributed by atoms with Crippen molar-refractivity contribution >= 4 is 16.7 Å². The molecule has 0 fully saturated rings. The van der Waals surface area contributed by atoms with Crippen LogP contribution in [-0.4, -0.2) is 24.4 Å². The van der Waals surface area contributed by atoms with Crippen molar-refractivity contribution in [3.63, 3.8) is 0 Å². The second-order valence-corrected chi connectivity index (χ2v) is 6.96. The molecule has 1 atom stereocenters. The van der Waals surface area contributed by atoms with Crippen LogP contribution >= 0.6 is 0 Å². The minimum Gasteiger partial charge on any atom is -0.348 e. The Morgan fingerprint density at radius 1 is 1.00 bits per heavy atom. The molecule has 0 unspecified atom stereocenters. The summed E-state index contributed by atoms with van der Waals surface area (Å²) in [4.78, 5) is 14.5. The zero-order valence-electron chi connectivity index (χ0n) is 15.7. The number of carbonyl (C=O) groups excluding carboxylic acids is 1. The Balaban J connectivity index is 1.63. The fourth-order valence-corrected chi connectivity index (χ4v) is 3.37. The lowest BCUT2D eigenvalue weighted by Crippen LogP contribution is -2.36. The van der Waals surface area contributed by atoms with Crippen LogP contribution in [0, 0.1) is 6.92 Å². The van der Waals surface area contributed by atoms with Gasteiger partial charge in [0.2, 0.25) is 5.91 Å². The zero-order valence-corrected chi connectivity index (χ0v) is 15.7. The highest BCUT2D eigenvalue weighted by molar-refractivity contribution is 5.87. The highest BCUT2D eigenvalue weighted by Crippen LogP contribution is 2.24. The Labute approximate surface area is 155 Å². The summed E-state index contributed by atoms with van der Waals surface area (Å²) in [7, 11) is 1.98. The lowest BCUT2D eigenvalue weighted by atomic mass is 10.00. The molecule has 0 saturated heterocycles. The average molecular weight is 346 g/mol. The number of aryl methyl sites for hydroxylation is 1. The van der Waals surface area contributed by atoms with Crippen molar-refractivity contribution in [1.29, 1.82) is 0 Å². The van der Waals surface area contributed by atoms with Crippen LogP contribution < -0.4 is 5.32 Å². The van der Waals surface area contributed by atoms with Crippen LogP contribution in [0.15, 0.2) is 66.7 Å². The lowest BCUT2D eigenvalue weighted by Gasteiger charge is -2.21. The van der Waals surface area contributed by atoms with Crippen molar-refractivity contribution < 1.29 is 4.79 Å². The maximum absolute atomic E-state index is 12.5. The van der Waals surface area contributed by atoms with E-state index in [4.69, 9.17) is 0 Å². The van der Waals surface area contributed by atoms with E-state index in [1.807, 2.05) is 49.2 Å². The van der Waals surface area contributed by atoms with Gasteiger partial charge in [-0.15, -0.1) is 0 Å². The molecule has 0 bridgehead atoms. The van der Waals surface area contributed by atoms with Gasteiger partial charge in [0, 0.05) is 6.54 Å². The second kappa shape index (κ2) is 8.15. The van der Waals surface area contributed by atoms with Crippen molar-refractivity contribution in [2.45, 2.75) is 26.4 Å². The summed E-state index contributed by atoms with van der Waals surface area (Å²) in [6, 6.07) is 22.8. The molecule has 134 valence electrons. The van der Waals surface area contributed by atoms with Gasteiger partial charge in [-0.05, 0) is 48.4 Å². The first-order valence-corrected chi connectivity index (χ1v) is 9.04. The van der Waals surface area contributed by atoms with E-state index in [2.05, 4.69) is 48.6 Å². The van der Waals surface area contributed by atoms with Crippen LogP contribution in [0.2, 0.25) is 0 Å². The molecule has 0 aliphatic heterocycles. The Bertz CT molecular complexity index is 898. The van der Waals surface area contributed by atoms with Crippen LogP contribution in [0.25, 0.3) is 10.8 Å². The topological polar surface area (TPSA) is 32.3 Å². The van der Waals surface area contributed by atoms with E-state index < -0.39 is 0 Å². The summed E-state index contributed by atoms with van der Waals surface area (Å²) in [5.74, 6) is 0.0431. The summed E-state index contributed by atoms with van der Waals surface area (Å²) in [5, 5.41) is 5.53. The van der Waals surface area contributed by atoms with Gasteiger partial charge in [-0.3, -0.25) is 9.69 Å². The van der Waals surface area contributed by atoms with E-state index in [0.29, 0.717) is 6.54 Å². The van der Waals surface area contributed by atoms with E-state index in [-0.39, 0.29) is 11.9 Å². The van der Waals surface area contributed by atoms with Crippen LogP contribution in [0.5, 0.6) is 0 Å². The van der Waals surface area contributed by atoms with Crippen LogP contribution in [0.4, 0.5) is 0 Å². The van der Waals surface area contributed by atoms with Gasteiger partial charge in [-0.1, -0.05) is 66.7 Å². The zero-order chi connectivity index (χ0) is 18.5. The lowest BCUT2D eigenvalue weighted by molar-refractivity contribution is -0.122. The number of rotatable bonds is 6. The molecule has 0 heterocycles. The van der Waals surface area contributed by atoms with Crippen molar-refractivity contribution in [2.75, 3.05) is 13.6 Å². The first-order chi connectivity index (χ1) is 12.5. The summed E-state index contributed by atoms with van der Waals surface area (Å²) in [6.45, 7) is 5.29. The van der Waals surface area contributed by atoms with E-state index >= 15 is 0 Å². The molecule has 0 spiro atoms. The van der Waals surface area contributed by atoms with Gasteiger partial charge in [-0.2, -0.15) is 0 Å². The number of carbonyl (C=O) groups is 1. The number of hydrogen-bond donors (Lipinski definition) is 1. The quantitative estimate of drug-likeness (QED) is 0.715. The summed E-state index contributed by atoms with van der Waals surface area (Å²) in [5.41, 5.74) is 3.66. The first-order valence-electron chi connectivity index (χ1n) is 9.04. The molecular weight excluding hydrogens is 320 g/mol. The fraction of sp³-hybridized carbons (Fsp3) is 0.261. The monoisotopic (exact) mass is 346 g/mol. The van der Waals surface area contributed by atoms with E-state index in [9.17, 15) is 4.79 Å². The van der Waals surface area contributed by atoms with Gasteiger partial charge in [-0.25, -0.2) is 0 Å². The SMILES string of the molecule is Cc1ccccc1CN(C)CC(=O)N[C@H](C)c1cccc2ccccc12. The standard InChI is InChI=1S/C23H26N2O/c1-17-9-4-5-11-20(17)15-25(3)16-23(26)24-18(2)21-14-8-12-19-10-6-7-13-22(19)21/h4-14,18H,15-16H2,1-3H3,(H,24,26)/t18-/m1/s1. The highest BCUT2D eigenvalue weighted by Gasteiger charge is 2.14. The molecule has 3 aromatic carbocycles. The molecular formula is C23H26N2O. The number of likely N-dealkylation sites (N-methyl/N-ethyl adjacent to an activating group) is 1. The Hall–Kier alpha value is -2.65. The predicted octanol–water partition coefficient (Wildman–Crippen LogP) is 4.46. The molecule has 3 rings (SSSR count). The number of nitrogens with zero attached hydrogens (tertiary/aromatic N) is 1. The van der Waals surface area contributed by atoms with Crippen LogP contribution in [0.3, 0.4) is 0 Å². The van der Waals surface area contributed by atoms with Crippen molar-refractivity contribution in [1.82, 2.24) is 10.2 Å². The van der Waals surface area contributed by atoms with Crippen molar-refractivity contribution in [3.8, 4) is 0 Å². The maximum atomic E-state index is 12.5. The third kappa shape index (κ3) is 4.30. The fourth-order valence-electron chi connectivity index (χ4n) is 3.37. The largest absolute Gasteiger partial charge is 0.348 e. The van der Waals surface area contributed by atoms with Gasteiger partial charge < -0.3 is 5.32 Å². The minimum atomic E-state index is -0.0274. The summed E-state index contributed by atoms with van der Waals surface area (Å²) in [6.07, 6.45) is 0. The van der Waals surface area contributed by atoms with Crippen LogP contribution in [0.1, 0.15) is 29.7 Å². The van der Waals surface area contributed by atoms with Gasteiger partial charge in [0.25, 0.3) is 0 Å². The number of hydrogen-bond acceptors (Lipinski definition) is 2. The molecule has 0 saturated carbocycles. The minimum absolute atomic E-state index is 0.0274. The summed E-state index contributed by atoms with van der Waals surface area (Å²) < 4.78 is 0. The molecule has 1 amide bonds. The molecule has 0 aliphatic carbocycles. The third-order valence-electron chi connectivity index (χ3n) is 4.78. The Morgan fingerprint density at radius 3 is 2.50 bits per heavy atom. The first kappa shape index (κ1) is 18.2. The number of fused-ring (bicyclic) bond motifs is 1. The van der Waals surface area contributed by atoms with E-state index in [1.54, 1.807) is 0 Å². The summed E-state index contributed by atoms with van der Waals surface area (Å²) >= 11 is 0. The Kier molecular flexibility index (Phi) is 5.69. The number of benzene rings is 3. The molecule has 0 aromatic heterocycles. The van der Waals surface area contributed by atoms with E-state index in [0.717, 1.165) is 12.1 Å². The molecule has 26 heavy (non-hydrogen) atoms. The van der Waals surface area contributed by atoms with Gasteiger partial charge >= 0.3 is 0 Å². The Morgan fingerprint density at radius 2 is 1.69 bits per heavy atom. The molecule has 3 aromatic rings. The second-order valence-electron chi connectivity index (χ2n) is 6.96. The van der Waals surface area contributed by atoms with Gasteiger partial charge in [0.05, 0.1) is 12.6 Å². The van der Waals surface area contributed by atoms with Crippen molar-refractivity contribution in [3.05, 3.63) is 83.4 Å². The smallest absolute Gasteiger partial charge is 0.234 e. The normalized spacial score (nSPS) is 12.3. The molecule has 1 N–H and O–H groups in total. The molecule has 3 nitrogen and oxygen atoms in total. The molecule has 0 aliphatic rings. The van der Waals surface area contributed by atoms with E-state index in [1.165, 1.54) is 21.9 Å². The maximum Gasteiger partial charge on any atom is 0.234 e. The van der Waals surface area contributed by atoms with Gasteiger partial charge in [0.15, 0.2) is 0 Å². The molecule has 0 radical (unpaired) electrons. The highest BCUT2D eigenvalue weighted by atomic mass is 16.2. The third-order valence-corrected chi connectivity index (χ3v) is 4.78. The number of nitrogens with one attached hydrogen (secondary N) is 1. The van der Waals surface area contributed by atoms with Crippen LogP contribution in [-0.2, 0) is 11.3 Å². The average Bonchev–Trinajstić information content (AvgIpc) is 2.63. The molecule has 3 heteroatoms. The number of amides is 1. The predicted molar refractivity (Wildman–Crippen MR) is 108 cm³/mol. The van der Waals surface area contributed by atoms with Crippen molar-refractivity contribution in [2.24, 2.45) is 0 Å².